The molecule has 0 saturated heterocycles. The van der Waals surface area contributed by atoms with Crippen molar-refractivity contribution in [2.75, 3.05) is 29.6 Å². The molecule has 62 heavy (non-hydrogen) atoms. The third-order valence-corrected chi connectivity index (χ3v) is 12.6. The van der Waals surface area contributed by atoms with Gasteiger partial charge in [-0.15, -0.1) is 0 Å². The second-order valence-electron chi connectivity index (χ2n) is 15.2. The van der Waals surface area contributed by atoms with Crippen LogP contribution in [0.2, 0.25) is 0 Å². The number of amides is 1. The number of alkyl halides is 3. The van der Waals surface area contributed by atoms with Crippen LogP contribution in [0.25, 0.3) is 10.8 Å². The molecule has 7 rings (SSSR count). The zero-order valence-electron chi connectivity index (χ0n) is 33.3. The molecule has 0 aliphatic carbocycles. The number of hydrogen-bond acceptors (Lipinski definition) is 11. The second kappa shape index (κ2) is 17.5. The van der Waals surface area contributed by atoms with Crippen molar-refractivity contribution in [2.24, 2.45) is 7.05 Å². The van der Waals surface area contributed by atoms with Gasteiger partial charge < -0.3 is 20.5 Å². The normalized spacial score (nSPS) is 16.0. The van der Waals surface area contributed by atoms with Crippen LogP contribution in [0, 0.1) is 17.1 Å². The van der Waals surface area contributed by atoms with E-state index < -0.39 is 67.7 Å². The number of ether oxygens (including phenoxy) is 1. The van der Waals surface area contributed by atoms with Gasteiger partial charge in [0.2, 0.25) is 0 Å². The van der Waals surface area contributed by atoms with Crippen LogP contribution < -0.4 is 16.2 Å². The number of aliphatic hydroxyl groups is 1. The number of sulfone groups is 1. The van der Waals surface area contributed by atoms with Gasteiger partial charge in [0.25, 0.3) is 11.5 Å². The molecule has 0 radical (unpaired) electrons. The van der Waals surface area contributed by atoms with Crippen molar-refractivity contribution < 1.29 is 40.6 Å². The van der Waals surface area contributed by atoms with Crippen molar-refractivity contribution in [3.63, 3.8) is 0 Å². The summed E-state index contributed by atoms with van der Waals surface area (Å²) in [6, 6.07) is 20.0. The Morgan fingerprint density at radius 3 is 2.27 bits per heavy atom. The maximum Gasteiger partial charge on any atom is 0.417 e. The average molecular weight is 873 g/mol. The average Bonchev–Trinajstić information content (AvgIpc) is 3.65. The number of aromatic amines is 1. The van der Waals surface area contributed by atoms with E-state index in [0.29, 0.717) is 54.7 Å². The maximum atomic E-state index is 14.6. The number of H-pyrrole nitrogens is 1. The predicted molar refractivity (Wildman–Crippen MR) is 219 cm³/mol. The molecule has 19 heteroatoms. The third kappa shape index (κ3) is 9.37. The number of aromatic nitrogens is 5. The summed E-state index contributed by atoms with van der Waals surface area (Å²) in [5.74, 6) is -2.64. The van der Waals surface area contributed by atoms with Crippen LogP contribution in [-0.2, 0) is 45.4 Å². The van der Waals surface area contributed by atoms with Crippen molar-refractivity contribution in [1.82, 2.24) is 25.0 Å². The molecule has 14 nitrogen and oxygen atoms in total. The number of nitriles is 1. The molecule has 1 aliphatic rings. The molecule has 0 fully saturated rings. The van der Waals surface area contributed by atoms with Crippen LogP contribution >= 0.6 is 0 Å². The second-order valence-corrected chi connectivity index (χ2v) is 17.2. The zero-order chi connectivity index (χ0) is 44.4. The van der Waals surface area contributed by atoms with Crippen molar-refractivity contribution in [1.29, 1.82) is 5.26 Å². The smallest absolute Gasteiger partial charge is 0.381 e. The lowest BCUT2D eigenvalue weighted by Crippen LogP contribution is -2.45. The summed E-state index contributed by atoms with van der Waals surface area (Å²) in [5.41, 5.74) is -1.45. The molecule has 3 atom stereocenters. The quantitative estimate of drug-likeness (QED) is 0.0683. The van der Waals surface area contributed by atoms with Crippen LogP contribution in [0.5, 0.6) is 0 Å². The fourth-order valence-corrected chi connectivity index (χ4v) is 9.11. The Kier molecular flexibility index (Phi) is 12.3. The lowest BCUT2D eigenvalue weighted by molar-refractivity contribution is -0.137. The Morgan fingerprint density at radius 1 is 1.00 bits per heavy atom. The van der Waals surface area contributed by atoms with Gasteiger partial charge in [-0.2, -0.15) is 28.6 Å². The van der Waals surface area contributed by atoms with E-state index in [1.54, 1.807) is 23.9 Å². The summed E-state index contributed by atoms with van der Waals surface area (Å²) < 4.78 is 88.4. The number of anilines is 2. The van der Waals surface area contributed by atoms with E-state index in [1.807, 2.05) is 24.3 Å². The molecule has 0 spiro atoms. The highest BCUT2D eigenvalue weighted by atomic mass is 32.2. The Bertz CT molecular complexity index is 2840. The number of hydrogen-bond donors (Lipinski definition) is 4. The number of rotatable bonds is 15. The molecule has 0 bridgehead atoms. The Balaban J connectivity index is 0.875. The lowest BCUT2D eigenvalue weighted by atomic mass is 9.83. The molecule has 0 unspecified atom stereocenters. The van der Waals surface area contributed by atoms with Crippen LogP contribution in [0.4, 0.5) is 28.9 Å². The van der Waals surface area contributed by atoms with Crippen LogP contribution in [-0.4, -0.2) is 69.0 Å². The lowest BCUT2D eigenvalue weighted by Gasteiger charge is -2.33. The number of nitrogens with one attached hydrogen (secondary N) is 3. The van der Waals surface area contributed by atoms with Gasteiger partial charge in [0, 0.05) is 37.0 Å². The summed E-state index contributed by atoms with van der Waals surface area (Å²) in [4.78, 5) is 29.7. The number of benzene rings is 4. The van der Waals surface area contributed by atoms with Gasteiger partial charge in [0.05, 0.1) is 50.9 Å². The maximum absolute atomic E-state index is 14.6. The molecule has 1 aliphatic heterocycles. The molecule has 6 aromatic rings. The highest BCUT2D eigenvalue weighted by Crippen LogP contribution is 2.46. The summed E-state index contributed by atoms with van der Waals surface area (Å²) in [6.07, 6.45) is -0.675. The number of aryl methyl sites for hydroxylation is 3. The Morgan fingerprint density at radius 2 is 1.66 bits per heavy atom. The number of nitrogens with zero attached hydrogens (tertiary/aromatic N) is 5. The highest BCUT2D eigenvalue weighted by Gasteiger charge is 2.39. The molecule has 2 aromatic heterocycles. The minimum Gasteiger partial charge on any atom is -0.381 e. The van der Waals surface area contributed by atoms with E-state index in [-0.39, 0.29) is 16.0 Å². The fraction of sp³-hybridized carbons (Fsp3) is 0.302. The van der Waals surface area contributed by atoms with E-state index in [1.165, 1.54) is 36.7 Å². The van der Waals surface area contributed by atoms with Crippen molar-refractivity contribution in [3.8, 4) is 6.07 Å². The largest absolute Gasteiger partial charge is 0.417 e. The zero-order valence-corrected chi connectivity index (χ0v) is 34.1. The summed E-state index contributed by atoms with van der Waals surface area (Å²) in [6.45, 7) is 1.92. The topological polar surface area (TPSA) is 205 Å². The molecular weight excluding hydrogens is 833 g/mol. The van der Waals surface area contributed by atoms with Crippen molar-refractivity contribution >= 4 is 37.9 Å². The van der Waals surface area contributed by atoms with Gasteiger partial charge in [0.15, 0.2) is 15.4 Å². The molecular formula is C43H40F4N8O6S. The van der Waals surface area contributed by atoms with Crippen LogP contribution in [0.15, 0.2) is 94.9 Å². The number of carbonyl (C=O) groups excluding carboxylic acids is 1. The first-order chi connectivity index (χ1) is 29.4. The van der Waals surface area contributed by atoms with Gasteiger partial charge >= 0.3 is 6.18 Å². The third-order valence-electron chi connectivity index (χ3n) is 10.6. The molecule has 1 amide bonds. The Labute approximate surface area is 352 Å². The number of carbonyl (C=O) groups is 1. The summed E-state index contributed by atoms with van der Waals surface area (Å²) >= 11 is 0. The molecule has 3 heterocycles. The van der Waals surface area contributed by atoms with E-state index in [9.17, 15) is 40.7 Å². The van der Waals surface area contributed by atoms with E-state index in [0.717, 1.165) is 48.6 Å². The first-order valence-electron chi connectivity index (χ1n) is 19.4. The van der Waals surface area contributed by atoms with Crippen LogP contribution in [0.1, 0.15) is 71.1 Å². The van der Waals surface area contributed by atoms with Crippen molar-refractivity contribution in [2.45, 2.75) is 61.2 Å². The fourth-order valence-electron chi connectivity index (χ4n) is 7.52. The summed E-state index contributed by atoms with van der Waals surface area (Å²) in [7, 11) is -2.43. The standard InChI is InChI=1S/C43H40F4N8O6S/c1-42(58,41(57)51-30-14-13-28(22-48)33(21-30)43(45,46)47)23-62(59,60)31-15-9-26(10-16-31)6-4-18-61-17-3-5-25-7-11-27(12-8-25)37-36(39-49-24-50-55(39)2)38-35-32(40(56)54-53-38)19-29(44)20-34(35)52-37/h7-16,19-21,24,36-37,52,58H,3-6,17-18,23H2,1-2H3,(H,51,57)(H,54,56)/t36-,37-,42+/m1/s1. The van der Waals surface area contributed by atoms with Gasteiger partial charge in [-0.3, -0.25) is 14.3 Å². The van der Waals surface area contributed by atoms with Gasteiger partial charge in [-0.05, 0) is 91.8 Å². The molecule has 4 N–H and O–H groups in total. The van der Waals surface area contributed by atoms with E-state index in [4.69, 9.17) is 10.00 Å². The van der Waals surface area contributed by atoms with Gasteiger partial charge in [0.1, 0.15) is 18.0 Å². The molecule has 4 aromatic carbocycles. The first kappa shape index (κ1) is 43.6. The van der Waals surface area contributed by atoms with Gasteiger partial charge in [-0.25, -0.2) is 22.9 Å². The molecule has 322 valence electrons. The molecule has 0 saturated carbocycles. The first-order valence-corrected chi connectivity index (χ1v) is 21.1. The van der Waals surface area contributed by atoms with Crippen LogP contribution in [0.3, 0.4) is 0 Å². The van der Waals surface area contributed by atoms with Gasteiger partial charge in [-0.1, -0.05) is 36.4 Å². The minimum absolute atomic E-state index is 0.149. The predicted octanol–water partition coefficient (Wildman–Crippen LogP) is 6.13. The minimum atomic E-state index is -4.88. The highest BCUT2D eigenvalue weighted by molar-refractivity contribution is 7.91. The Hall–Kier alpha value is -6.49. The summed E-state index contributed by atoms with van der Waals surface area (Å²) in [5, 5.41) is 37.2. The number of halogens is 4. The van der Waals surface area contributed by atoms with Crippen molar-refractivity contribution in [3.05, 3.63) is 141 Å². The SMILES string of the molecule is Cn1ncnc1[C@H]1c2n[nH]c(=O)c3cc(F)cc(c23)N[C@@H]1c1ccc(CCCOCCCc2ccc(S(=O)(=O)C[C@](C)(O)C(=O)Nc3ccc(C#N)c(C(F)(F)F)c3)cc2)cc1. The van der Waals surface area contributed by atoms with E-state index >= 15 is 0 Å². The van der Waals surface area contributed by atoms with E-state index in [2.05, 4.69) is 30.9 Å². The monoisotopic (exact) mass is 872 g/mol.